The lowest BCUT2D eigenvalue weighted by molar-refractivity contribution is 0.0759. The molecule has 1 aromatic heterocycles. The molecule has 31 heavy (non-hydrogen) atoms. The Kier molecular flexibility index (Phi) is 8.54. The molecule has 0 atom stereocenters. The molecule has 0 spiro atoms. The Morgan fingerprint density at radius 2 is 1.84 bits per heavy atom. The van der Waals surface area contributed by atoms with Gasteiger partial charge < -0.3 is 9.47 Å². The van der Waals surface area contributed by atoms with E-state index in [1.165, 1.54) is 24.8 Å². The van der Waals surface area contributed by atoms with Gasteiger partial charge in [0.05, 0.1) is 6.54 Å². The van der Waals surface area contributed by atoms with Gasteiger partial charge in [-0.25, -0.2) is 0 Å². The Labute approximate surface area is 191 Å². The van der Waals surface area contributed by atoms with E-state index in [1.807, 2.05) is 53.6 Å². The van der Waals surface area contributed by atoms with Gasteiger partial charge in [-0.2, -0.15) is 0 Å². The first kappa shape index (κ1) is 22.9. The van der Waals surface area contributed by atoms with Crippen LogP contribution >= 0.6 is 11.6 Å². The third kappa shape index (κ3) is 6.35. The lowest BCUT2D eigenvalue weighted by Gasteiger charge is -2.22. The summed E-state index contributed by atoms with van der Waals surface area (Å²) in [5, 5.41) is 0.750. The fraction of sp³-hybridized carbons (Fsp3) is 0.296. The number of rotatable bonds is 11. The summed E-state index contributed by atoms with van der Waals surface area (Å²) in [6.45, 7) is 7.73. The summed E-state index contributed by atoms with van der Waals surface area (Å²) in [7, 11) is 0. The second kappa shape index (κ2) is 11.6. The van der Waals surface area contributed by atoms with Crippen LogP contribution in [0.1, 0.15) is 53.4 Å². The Balaban J connectivity index is 1.71. The van der Waals surface area contributed by atoms with Crippen LogP contribution in [-0.4, -0.2) is 21.9 Å². The molecule has 3 nitrogen and oxygen atoms in total. The van der Waals surface area contributed by atoms with Crippen LogP contribution in [0.5, 0.6) is 0 Å². The van der Waals surface area contributed by atoms with Crippen molar-refractivity contribution in [2.45, 2.75) is 45.7 Å². The second-order valence-corrected chi connectivity index (χ2v) is 8.25. The fourth-order valence-corrected chi connectivity index (χ4v) is 3.90. The molecule has 2 aromatic carbocycles. The molecule has 0 aliphatic rings. The number of unbranched alkanes of at least 4 members (excludes halogenated alkanes) is 2. The maximum Gasteiger partial charge on any atom is 0.254 e. The van der Waals surface area contributed by atoms with E-state index >= 15 is 0 Å². The van der Waals surface area contributed by atoms with E-state index < -0.39 is 0 Å². The van der Waals surface area contributed by atoms with Crippen molar-refractivity contribution in [1.82, 2.24) is 9.47 Å². The van der Waals surface area contributed by atoms with Crippen molar-refractivity contribution in [3.05, 3.63) is 107 Å². The van der Waals surface area contributed by atoms with E-state index in [4.69, 9.17) is 11.6 Å². The molecule has 0 aliphatic heterocycles. The third-order valence-corrected chi connectivity index (χ3v) is 5.85. The van der Waals surface area contributed by atoms with Crippen molar-refractivity contribution in [2.75, 3.05) is 6.54 Å². The molecule has 0 N–H and O–H groups in total. The van der Waals surface area contributed by atoms with Crippen molar-refractivity contribution in [2.24, 2.45) is 0 Å². The molecule has 0 bridgehead atoms. The van der Waals surface area contributed by atoms with Gasteiger partial charge in [0.2, 0.25) is 0 Å². The van der Waals surface area contributed by atoms with E-state index in [0.717, 1.165) is 22.7 Å². The van der Waals surface area contributed by atoms with E-state index in [0.29, 0.717) is 25.2 Å². The molecule has 1 heterocycles. The topological polar surface area (TPSA) is 25.2 Å². The summed E-state index contributed by atoms with van der Waals surface area (Å²) in [5.41, 5.74) is 4.12. The molecule has 3 rings (SSSR count). The van der Waals surface area contributed by atoms with Crippen LogP contribution < -0.4 is 0 Å². The average molecular weight is 435 g/mol. The minimum Gasteiger partial charge on any atom is -0.345 e. The highest BCUT2D eigenvalue weighted by Crippen LogP contribution is 2.19. The van der Waals surface area contributed by atoms with Crippen molar-refractivity contribution >= 4 is 17.5 Å². The Bertz CT molecular complexity index is 990. The highest BCUT2D eigenvalue weighted by Gasteiger charge is 2.17. The molecular formula is C27H31ClN2O. The number of nitrogens with zero attached hydrogens (tertiary/aromatic N) is 2. The summed E-state index contributed by atoms with van der Waals surface area (Å²) in [5.74, 6) is 0.0190. The molecule has 1 amide bonds. The maximum atomic E-state index is 13.2. The zero-order chi connectivity index (χ0) is 22.1. The summed E-state index contributed by atoms with van der Waals surface area (Å²) in [6, 6.07) is 20.0. The predicted octanol–water partition coefficient (Wildman–Crippen LogP) is 6.75. The SMILES string of the molecule is C=CCN(Cc1cccn1Cc1ccccc1Cl)C(=O)c1ccc(CCCCC)cc1. The molecule has 4 heteroatoms. The largest absolute Gasteiger partial charge is 0.345 e. The van der Waals surface area contributed by atoms with Crippen LogP contribution in [0.15, 0.2) is 79.5 Å². The van der Waals surface area contributed by atoms with Gasteiger partial charge in [-0.1, -0.05) is 67.8 Å². The van der Waals surface area contributed by atoms with Gasteiger partial charge in [0, 0.05) is 35.6 Å². The third-order valence-electron chi connectivity index (χ3n) is 5.48. The van der Waals surface area contributed by atoms with Crippen LogP contribution in [0.3, 0.4) is 0 Å². The van der Waals surface area contributed by atoms with Gasteiger partial charge in [0.1, 0.15) is 0 Å². The molecule has 0 radical (unpaired) electrons. The summed E-state index contributed by atoms with van der Waals surface area (Å²) in [6.07, 6.45) is 8.51. The number of carbonyl (C=O) groups excluding carboxylic acids is 1. The van der Waals surface area contributed by atoms with Gasteiger partial charge in [0.15, 0.2) is 0 Å². The van der Waals surface area contributed by atoms with Gasteiger partial charge in [-0.3, -0.25) is 4.79 Å². The van der Waals surface area contributed by atoms with Crippen LogP contribution in [0.4, 0.5) is 0 Å². The molecule has 0 saturated carbocycles. The van der Waals surface area contributed by atoms with Crippen LogP contribution in [0.2, 0.25) is 5.02 Å². The summed E-state index contributed by atoms with van der Waals surface area (Å²) in [4.78, 5) is 15.0. The van der Waals surface area contributed by atoms with Crippen molar-refractivity contribution < 1.29 is 4.79 Å². The van der Waals surface area contributed by atoms with E-state index in [1.54, 1.807) is 6.08 Å². The number of aryl methyl sites for hydroxylation is 1. The first-order valence-corrected chi connectivity index (χ1v) is 11.4. The van der Waals surface area contributed by atoms with Gasteiger partial charge >= 0.3 is 0 Å². The lowest BCUT2D eigenvalue weighted by Crippen LogP contribution is -2.31. The van der Waals surface area contributed by atoms with Crippen LogP contribution in [0, 0.1) is 0 Å². The van der Waals surface area contributed by atoms with Crippen LogP contribution in [-0.2, 0) is 19.5 Å². The predicted molar refractivity (Wildman–Crippen MR) is 130 cm³/mol. The first-order valence-electron chi connectivity index (χ1n) is 11.0. The zero-order valence-electron chi connectivity index (χ0n) is 18.3. The molecule has 0 fully saturated rings. The fourth-order valence-electron chi connectivity index (χ4n) is 3.70. The van der Waals surface area contributed by atoms with Crippen molar-refractivity contribution in [1.29, 1.82) is 0 Å². The molecular weight excluding hydrogens is 404 g/mol. The molecule has 3 aromatic rings. The quantitative estimate of drug-likeness (QED) is 0.242. The number of halogens is 1. The van der Waals surface area contributed by atoms with Crippen LogP contribution in [0.25, 0.3) is 0 Å². The minimum absolute atomic E-state index is 0.0190. The number of hydrogen-bond acceptors (Lipinski definition) is 1. The Morgan fingerprint density at radius 1 is 1.06 bits per heavy atom. The monoisotopic (exact) mass is 434 g/mol. The second-order valence-electron chi connectivity index (χ2n) is 7.85. The van der Waals surface area contributed by atoms with E-state index in [9.17, 15) is 4.79 Å². The Morgan fingerprint density at radius 3 is 2.55 bits per heavy atom. The Hall–Kier alpha value is -2.78. The lowest BCUT2D eigenvalue weighted by atomic mass is 10.0. The molecule has 0 aliphatic carbocycles. The van der Waals surface area contributed by atoms with E-state index in [-0.39, 0.29) is 5.91 Å². The van der Waals surface area contributed by atoms with E-state index in [2.05, 4.69) is 36.3 Å². The smallest absolute Gasteiger partial charge is 0.254 e. The highest BCUT2D eigenvalue weighted by molar-refractivity contribution is 6.31. The van der Waals surface area contributed by atoms with Gasteiger partial charge in [-0.15, -0.1) is 6.58 Å². The zero-order valence-corrected chi connectivity index (χ0v) is 19.0. The standard InChI is InChI=1S/C27H31ClN2O/c1-3-5-6-10-22-14-16-23(17-15-22)27(31)30(18-4-2)21-25-12-9-19-29(25)20-24-11-7-8-13-26(24)28/h4,7-9,11-17,19H,2-3,5-6,10,18,20-21H2,1H3. The highest BCUT2D eigenvalue weighted by atomic mass is 35.5. The number of hydrogen-bond donors (Lipinski definition) is 0. The number of aromatic nitrogens is 1. The minimum atomic E-state index is 0.0190. The number of benzene rings is 2. The van der Waals surface area contributed by atoms with Gasteiger partial charge in [-0.05, 0) is 54.3 Å². The maximum absolute atomic E-state index is 13.2. The average Bonchev–Trinajstić information content (AvgIpc) is 3.22. The van der Waals surface area contributed by atoms with Gasteiger partial charge in [0.25, 0.3) is 5.91 Å². The molecule has 162 valence electrons. The van der Waals surface area contributed by atoms with Crippen molar-refractivity contribution in [3.63, 3.8) is 0 Å². The normalized spacial score (nSPS) is 10.8. The summed E-state index contributed by atoms with van der Waals surface area (Å²) < 4.78 is 2.14. The first-order chi connectivity index (χ1) is 15.1. The van der Waals surface area contributed by atoms with Crippen molar-refractivity contribution in [3.8, 4) is 0 Å². The number of amides is 1. The molecule has 0 saturated heterocycles. The summed E-state index contributed by atoms with van der Waals surface area (Å²) >= 11 is 6.34. The molecule has 0 unspecified atom stereocenters. The number of carbonyl (C=O) groups is 1.